The van der Waals surface area contributed by atoms with Crippen molar-refractivity contribution in [2.75, 3.05) is 32.7 Å². The smallest absolute Gasteiger partial charge is 0.305 e. The van der Waals surface area contributed by atoms with Crippen molar-refractivity contribution < 1.29 is 9.90 Å². The zero-order valence-corrected chi connectivity index (χ0v) is 11.5. The molecule has 1 aliphatic rings. The van der Waals surface area contributed by atoms with Crippen molar-refractivity contribution in [3.8, 4) is 0 Å². The predicted octanol–water partition coefficient (Wildman–Crippen LogP) is 1.90. The van der Waals surface area contributed by atoms with Crippen LogP contribution in [-0.2, 0) is 4.79 Å². The summed E-state index contributed by atoms with van der Waals surface area (Å²) in [6.45, 7) is 7.25. The Morgan fingerprint density at radius 2 is 2.17 bits per heavy atom. The van der Waals surface area contributed by atoms with E-state index in [1.165, 1.54) is 4.88 Å². The number of thiophene rings is 1. The highest BCUT2D eigenvalue weighted by Crippen LogP contribution is 2.29. The van der Waals surface area contributed by atoms with Gasteiger partial charge in [-0.05, 0) is 18.0 Å². The molecule has 1 saturated heterocycles. The minimum absolute atomic E-state index is 0.0431. The molecule has 1 aromatic rings. The molecule has 4 nitrogen and oxygen atoms in total. The highest BCUT2D eigenvalue weighted by Gasteiger charge is 2.26. The molecule has 0 radical (unpaired) electrons. The molecule has 0 saturated carbocycles. The monoisotopic (exact) mass is 268 g/mol. The Kier molecular flexibility index (Phi) is 4.74. The Morgan fingerprint density at radius 1 is 1.44 bits per heavy atom. The van der Waals surface area contributed by atoms with Crippen LogP contribution in [0, 0.1) is 0 Å². The molecule has 0 bridgehead atoms. The largest absolute Gasteiger partial charge is 0.481 e. The number of likely N-dealkylation sites (N-methyl/N-ethyl adjacent to an activating group) is 1. The molecule has 0 spiro atoms. The van der Waals surface area contributed by atoms with Gasteiger partial charge in [0.2, 0.25) is 0 Å². The summed E-state index contributed by atoms with van der Waals surface area (Å²) in [7, 11) is 0. The normalized spacial score (nSPS) is 19.8. The molecule has 5 heteroatoms. The van der Waals surface area contributed by atoms with E-state index in [-0.39, 0.29) is 12.5 Å². The van der Waals surface area contributed by atoms with E-state index in [1.807, 2.05) is 17.5 Å². The van der Waals surface area contributed by atoms with Crippen molar-refractivity contribution >= 4 is 17.3 Å². The Bertz CT molecular complexity index is 372. The van der Waals surface area contributed by atoms with Crippen molar-refractivity contribution in [2.45, 2.75) is 19.4 Å². The van der Waals surface area contributed by atoms with Gasteiger partial charge in [0.15, 0.2) is 0 Å². The molecule has 2 heterocycles. The van der Waals surface area contributed by atoms with Crippen molar-refractivity contribution in [3.05, 3.63) is 22.4 Å². The van der Waals surface area contributed by atoms with E-state index in [0.29, 0.717) is 0 Å². The lowest BCUT2D eigenvalue weighted by atomic mass is 10.1. The van der Waals surface area contributed by atoms with Crippen LogP contribution in [0.25, 0.3) is 0 Å². The number of carbonyl (C=O) groups is 1. The van der Waals surface area contributed by atoms with Gasteiger partial charge < -0.3 is 10.0 Å². The fourth-order valence-electron chi connectivity index (χ4n) is 2.45. The Labute approximate surface area is 112 Å². The van der Waals surface area contributed by atoms with E-state index >= 15 is 0 Å². The van der Waals surface area contributed by atoms with Crippen LogP contribution in [0.4, 0.5) is 0 Å². The minimum Gasteiger partial charge on any atom is -0.481 e. The number of aliphatic carboxylic acids is 1. The summed E-state index contributed by atoms with van der Waals surface area (Å²) in [4.78, 5) is 16.9. The quantitative estimate of drug-likeness (QED) is 0.886. The first-order valence-electron chi connectivity index (χ1n) is 6.42. The van der Waals surface area contributed by atoms with Crippen LogP contribution in [0.5, 0.6) is 0 Å². The number of hydrogen-bond acceptors (Lipinski definition) is 4. The zero-order chi connectivity index (χ0) is 13.0. The molecule has 1 unspecified atom stereocenters. The van der Waals surface area contributed by atoms with Crippen molar-refractivity contribution in [1.29, 1.82) is 0 Å². The van der Waals surface area contributed by atoms with Gasteiger partial charge >= 0.3 is 5.97 Å². The third kappa shape index (κ3) is 3.31. The number of nitrogens with zero attached hydrogens (tertiary/aromatic N) is 2. The lowest BCUT2D eigenvalue weighted by molar-refractivity contribution is -0.138. The van der Waals surface area contributed by atoms with Crippen LogP contribution in [0.15, 0.2) is 17.5 Å². The summed E-state index contributed by atoms with van der Waals surface area (Å²) < 4.78 is 0. The third-order valence-electron chi connectivity index (χ3n) is 3.53. The standard InChI is InChI=1S/C13H20N2O2S/c1-2-14-5-7-15(8-6-14)11(10-13(16)17)12-4-3-9-18-12/h3-4,9,11H,2,5-8,10H2,1H3,(H,16,17). The zero-order valence-electron chi connectivity index (χ0n) is 10.7. The molecular formula is C13H20N2O2S. The van der Waals surface area contributed by atoms with E-state index < -0.39 is 5.97 Å². The third-order valence-corrected chi connectivity index (χ3v) is 4.51. The second-order valence-electron chi connectivity index (χ2n) is 4.60. The molecule has 0 aromatic carbocycles. The predicted molar refractivity (Wildman–Crippen MR) is 73.0 cm³/mol. The molecular weight excluding hydrogens is 248 g/mol. The van der Waals surface area contributed by atoms with E-state index in [2.05, 4.69) is 16.7 Å². The van der Waals surface area contributed by atoms with E-state index in [1.54, 1.807) is 11.3 Å². The second-order valence-corrected chi connectivity index (χ2v) is 5.58. The van der Waals surface area contributed by atoms with Gasteiger partial charge in [-0.3, -0.25) is 9.69 Å². The van der Waals surface area contributed by atoms with Crippen LogP contribution in [0.1, 0.15) is 24.3 Å². The summed E-state index contributed by atoms with van der Waals surface area (Å²) in [6, 6.07) is 4.09. The topological polar surface area (TPSA) is 43.8 Å². The average molecular weight is 268 g/mol. The second kappa shape index (κ2) is 6.31. The highest BCUT2D eigenvalue weighted by atomic mass is 32.1. The fraction of sp³-hybridized carbons (Fsp3) is 0.615. The first kappa shape index (κ1) is 13.5. The van der Waals surface area contributed by atoms with Gasteiger partial charge in [0.1, 0.15) is 0 Å². The van der Waals surface area contributed by atoms with Crippen LogP contribution in [-0.4, -0.2) is 53.6 Å². The van der Waals surface area contributed by atoms with Gasteiger partial charge in [-0.1, -0.05) is 13.0 Å². The minimum atomic E-state index is -0.716. The van der Waals surface area contributed by atoms with Crippen LogP contribution < -0.4 is 0 Å². The first-order valence-corrected chi connectivity index (χ1v) is 7.30. The molecule has 0 amide bonds. The summed E-state index contributed by atoms with van der Waals surface area (Å²) in [5.41, 5.74) is 0. The first-order chi connectivity index (χ1) is 8.70. The lowest BCUT2D eigenvalue weighted by Gasteiger charge is -2.38. The summed E-state index contributed by atoms with van der Waals surface area (Å²) in [5, 5.41) is 11.1. The van der Waals surface area contributed by atoms with Gasteiger partial charge in [0.05, 0.1) is 12.5 Å². The van der Waals surface area contributed by atoms with Crippen LogP contribution in [0.2, 0.25) is 0 Å². The van der Waals surface area contributed by atoms with Gasteiger partial charge in [-0.2, -0.15) is 0 Å². The fourth-order valence-corrected chi connectivity index (χ4v) is 3.31. The van der Waals surface area contributed by atoms with Crippen LogP contribution >= 0.6 is 11.3 Å². The summed E-state index contributed by atoms with van der Waals surface area (Å²) in [5.74, 6) is -0.716. The maximum Gasteiger partial charge on any atom is 0.305 e. The summed E-state index contributed by atoms with van der Waals surface area (Å²) in [6.07, 6.45) is 0.201. The van der Waals surface area contributed by atoms with E-state index in [9.17, 15) is 4.79 Å². The molecule has 1 N–H and O–H groups in total. The number of hydrogen-bond donors (Lipinski definition) is 1. The van der Waals surface area contributed by atoms with Gasteiger partial charge in [0.25, 0.3) is 0 Å². The SMILES string of the molecule is CCN1CCN(C(CC(=O)O)c2cccs2)CC1. The van der Waals surface area contributed by atoms with Gasteiger partial charge in [-0.15, -0.1) is 11.3 Å². The maximum atomic E-state index is 11.0. The van der Waals surface area contributed by atoms with Gasteiger partial charge in [0, 0.05) is 31.1 Å². The number of carboxylic acids is 1. The maximum absolute atomic E-state index is 11.0. The Balaban J connectivity index is 2.03. The Morgan fingerprint density at radius 3 is 2.67 bits per heavy atom. The van der Waals surface area contributed by atoms with Gasteiger partial charge in [-0.25, -0.2) is 0 Å². The average Bonchev–Trinajstić information content (AvgIpc) is 2.89. The van der Waals surface area contributed by atoms with Crippen LogP contribution in [0.3, 0.4) is 0 Å². The molecule has 100 valence electrons. The van der Waals surface area contributed by atoms with E-state index in [4.69, 9.17) is 5.11 Å². The van der Waals surface area contributed by atoms with E-state index in [0.717, 1.165) is 32.7 Å². The van der Waals surface area contributed by atoms with Crippen molar-refractivity contribution in [3.63, 3.8) is 0 Å². The molecule has 1 aromatic heterocycles. The number of carboxylic acid groups (broad SMARTS) is 1. The molecule has 1 fully saturated rings. The molecule has 18 heavy (non-hydrogen) atoms. The summed E-state index contributed by atoms with van der Waals surface area (Å²) >= 11 is 1.65. The van der Waals surface area contributed by atoms with Crippen molar-refractivity contribution in [2.24, 2.45) is 0 Å². The Hall–Kier alpha value is -0.910. The highest BCUT2D eigenvalue weighted by molar-refractivity contribution is 7.10. The molecule has 2 rings (SSSR count). The molecule has 1 aliphatic heterocycles. The number of piperazine rings is 1. The number of rotatable bonds is 5. The van der Waals surface area contributed by atoms with Crippen molar-refractivity contribution in [1.82, 2.24) is 9.80 Å². The molecule has 0 aliphatic carbocycles. The molecule has 1 atom stereocenters. The lowest BCUT2D eigenvalue weighted by Crippen LogP contribution is -2.47.